The molecule has 0 radical (unpaired) electrons. The standard InChI is InChI=1S/C17H19N3O3S/c1-10-8-18-15(11(2)16(10)23-4)9-24(21)17-19-13-6-5-12(22-3)7-14(13)20-17/h5-8H,9H2,1-4H3,(H,19,20)/i1D3,2D3,8D. The normalized spacial score (nSPS) is 17.7. The summed E-state index contributed by atoms with van der Waals surface area (Å²) in [6.45, 7) is -5.63. The van der Waals surface area contributed by atoms with Crippen molar-refractivity contribution in [2.45, 2.75) is 24.6 Å². The van der Waals surface area contributed by atoms with Crippen LogP contribution < -0.4 is 9.47 Å². The highest BCUT2D eigenvalue weighted by atomic mass is 32.2. The maximum atomic E-state index is 13.0. The molecule has 24 heavy (non-hydrogen) atoms. The Kier molecular flexibility index (Phi) is 2.77. The number of hydrogen-bond acceptors (Lipinski definition) is 5. The number of nitrogens with one attached hydrogen (secondary N) is 1. The van der Waals surface area contributed by atoms with Gasteiger partial charge < -0.3 is 14.0 Å². The molecule has 1 N–H and O–H groups in total. The highest BCUT2D eigenvalue weighted by molar-refractivity contribution is 7.90. The van der Waals surface area contributed by atoms with Crippen LogP contribution in [0.5, 0.6) is 11.5 Å². The highest BCUT2D eigenvalue weighted by Crippen LogP contribution is 2.27. The fourth-order valence-corrected chi connectivity index (χ4v) is 3.20. The third-order valence-electron chi connectivity index (χ3n) is 3.40. The maximum Gasteiger partial charge on any atom is 0.322 e. The van der Waals surface area contributed by atoms with E-state index in [-0.39, 0.29) is 10.9 Å². The van der Waals surface area contributed by atoms with E-state index in [9.17, 15) is 4.55 Å². The summed E-state index contributed by atoms with van der Waals surface area (Å²) in [5, 5.41) is 0.0759. The summed E-state index contributed by atoms with van der Waals surface area (Å²) in [5.74, 6) is -0.318. The Morgan fingerprint density at radius 2 is 2.21 bits per heavy atom. The number of nitrogens with zero attached hydrogens (tertiary/aromatic N) is 2. The van der Waals surface area contributed by atoms with E-state index in [1.54, 1.807) is 18.2 Å². The Balaban J connectivity index is 2.09. The van der Waals surface area contributed by atoms with Gasteiger partial charge in [0, 0.05) is 42.8 Å². The van der Waals surface area contributed by atoms with Gasteiger partial charge in [0.25, 0.3) is 0 Å². The summed E-state index contributed by atoms with van der Waals surface area (Å²) in [5.41, 5.74) is -0.200. The number of benzene rings is 1. The summed E-state index contributed by atoms with van der Waals surface area (Å²) in [6.07, 6.45) is -0.661. The van der Waals surface area contributed by atoms with Crippen LogP contribution in [0.15, 0.2) is 29.5 Å². The van der Waals surface area contributed by atoms with E-state index in [2.05, 4.69) is 15.0 Å². The average Bonchev–Trinajstić information content (AvgIpc) is 3.08. The lowest BCUT2D eigenvalue weighted by atomic mass is 10.1. The molecule has 1 unspecified atom stereocenters. The van der Waals surface area contributed by atoms with Gasteiger partial charge in [-0.05, 0) is 25.8 Å². The molecule has 0 saturated carbocycles. The Hall–Kier alpha value is -2.25. The lowest BCUT2D eigenvalue weighted by molar-refractivity contribution is 0.407. The number of methoxy groups -OCH3 is 2. The van der Waals surface area contributed by atoms with Crippen molar-refractivity contribution < 1.29 is 23.6 Å². The number of ether oxygens (including phenoxy) is 2. The molecule has 0 spiro atoms. The number of fused-ring (bicyclic) bond motifs is 1. The largest absolute Gasteiger partial charge is 0.609 e. The molecule has 1 atom stereocenters. The van der Waals surface area contributed by atoms with Crippen molar-refractivity contribution in [1.82, 2.24) is 15.0 Å². The van der Waals surface area contributed by atoms with E-state index in [1.807, 2.05) is 0 Å². The minimum Gasteiger partial charge on any atom is -0.609 e. The highest BCUT2D eigenvalue weighted by Gasteiger charge is 2.21. The second-order valence-electron chi connectivity index (χ2n) is 4.87. The maximum absolute atomic E-state index is 13.0. The van der Waals surface area contributed by atoms with E-state index in [0.717, 1.165) is 7.11 Å². The van der Waals surface area contributed by atoms with Crippen LogP contribution in [0.25, 0.3) is 11.0 Å². The van der Waals surface area contributed by atoms with Gasteiger partial charge in [-0.1, -0.05) is 0 Å². The van der Waals surface area contributed by atoms with E-state index >= 15 is 0 Å². The number of imidazole rings is 1. The van der Waals surface area contributed by atoms with Crippen molar-refractivity contribution in [3.8, 4) is 11.5 Å². The summed E-state index contributed by atoms with van der Waals surface area (Å²) < 4.78 is 77.6. The van der Waals surface area contributed by atoms with Gasteiger partial charge in [0.1, 0.15) is 11.5 Å². The monoisotopic (exact) mass is 352 g/mol. The number of H-pyrrole nitrogens is 1. The van der Waals surface area contributed by atoms with Crippen LogP contribution in [0.3, 0.4) is 0 Å². The van der Waals surface area contributed by atoms with Crippen LogP contribution in [0.4, 0.5) is 0 Å². The average molecular weight is 352 g/mol. The first-order valence-electron chi connectivity index (χ1n) is 10.4. The molecule has 6 nitrogen and oxygen atoms in total. The summed E-state index contributed by atoms with van der Waals surface area (Å²) >= 11 is -1.87. The SMILES string of the molecule is [2H]c1nc(C[S+]([O-])c2nc3cc(OC)ccc3[nH]2)c(C([2H])([2H])[2H])c(OC)c1C([2H])([2H])[2H]. The van der Waals surface area contributed by atoms with Gasteiger partial charge in [0.05, 0.1) is 32.3 Å². The molecule has 126 valence electrons. The fourth-order valence-electron chi connectivity index (χ4n) is 2.18. The zero-order valence-electron chi connectivity index (χ0n) is 20.0. The van der Waals surface area contributed by atoms with E-state index in [0.29, 0.717) is 16.8 Å². The van der Waals surface area contributed by atoms with E-state index in [4.69, 9.17) is 19.1 Å². The van der Waals surface area contributed by atoms with Gasteiger partial charge in [0.15, 0.2) is 5.75 Å². The van der Waals surface area contributed by atoms with Crippen molar-refractivity contribution >= 4 is 22.2 Å². The first-order valence-corrected chi connectivity index (χ1v) is 8.19. The van der Waals surface area contributed by atoms with Crippen LogP contribution >= 0.6 is 0 Å². The third kappa shape index (κ3) is 3.05. The molecule has 2 aromatic heterocycles. The van der Waals surface area contributed by atoms with E-state index in [1.165, 1.54) is 7.11 Å². The number of aromatic nitrogens is 3. The molecule has 3 rings (SSSR count). The minimum absolute atomic E-state index is 0.0759. The molecular weight excluding hydrogens is 326 g/mol. The third-order valence-corrected chi connectivity index (χ3v) is 4.56. The molecule has 0 aliphatic heterocycles. The molecule has 7 heteroatoms. The van der Waals surface area contributed by atoms with Crippen LogP contribution in [0.1, 0.15) is 26.4 Å². The van der Waals surface area contributed by atoms with Crippen LogP contribution in [0, 0.1) is 13.7 Å². The molecule has 3 aromatic rings. The Morgan fingerprint density at radius 3 is 2.92 bits per heavy atom. The van der Waals surface area contributed by atoms with Gasteiger partial charge in [-0.15, -0.1) is 0 Å². The predicted octanol–water partition coefficient (Wildman–Crippen LogP) is 2.90. The molecule has 1 aromatic carbocycles. The summed E-state index contributed by atoms with van der Waals surface area (Å²) in [4.78, 5) is 11.0. The molecule has 0 bridgehead atoms. The Bertz CT molecular complexity index is 1120. The summed E-state index contributed by atoms with van der Waals surface area (Å²) in [6, 6.07) is 5.05. The zero-order valence-corrected chi connectivity index (χ0v) is 13.8. The van der Waals surface area contributed by atoms with Gasteiger partial charge in [-0.3, -0.25) is 9.97 Å². The quantitative estimate of drug-likeness (QED) is 0.714. The molecule has 0 amide bonds. The lowest BCUT2D eigenvalue weighted by Crippen LogP contribution is -2.10. The Morgan fingerprint density at radius 1 is 1.33 bits per heavy atom. The zero-order chi connectivity index (χ0) is 23.1. The topological polar surface area (TPSA) is 83.1 Å². The first kappa shape index (κ1) is 9.90. The van der Waals surface area contributed by atoms with Crippen molar-refractivity contribution in [1.29, 1.82) is 0 Å². The number of aromatic amines is 1. The Labute approximate surface area is 153 Å². The van der Waals surface area contributed by atoms with Crippen molar-refractivity contribution in [2.75, 3.05) is 14.2 Å². The van der Waals surface area contributed by atoms with Crippen molar-refractivity contribution in [2.24, 2.45) is 0 Å². The lowest BCUT2D eigenvalue weighted by Gasteiger charge is -2.13. The minimum atomic E-state index is -2.81. The number of pyridine rings is 1. The molecule has 0 fully saturated rings. The van der Waals surface area contributed by atoms with Crippen molar-refractivity contribution in [3.05, 3.63) is 41.2 Å². The van der Waals surface area contributed by atoms with Gasteiger partial charge in [0.2, 0.25) is 0 Å². The predicted molar refractivity (Wildman–Crippen MR) is 93.0 cm³/mol. The second kappa shape index (κ2) is 6.70. The summed E-state index contributed by atoms with van der Waals surface area (Å²) in [7, 11) is 2.62. The molecule has 2 heterocycles. The van der Waals surface area contributed by atoms with Crippen molar-refractivity contribution in [3.63, 3.8) is 0 Å². The number of rotatable bonds is 5. The van der Waals surface area contributed by atoms with Crippen LogP contribution in [0.2, 0.25) is 0 Å². The fraction of sp³-hybridized carbons (Fsp3) is 0.294. The molecule has 0 aliphatic carbocycles. The van der Waals surface area contributed by atoms with Gasteiger partial charge in [-0.2, -0.15) is 4.98 Å². The molecule has 0 aliphatic rings. The van der Waals surface area contributed by atoms with E-state index < -0.39 is 53.7 Å². The smallest absolute Gasteiger partial charge is 0.322 e. The van der Waals surface area contributed by atoms with Gasteiger partial charge >= 0.3 is 5.16 Å². The van der Waals surface area contributed by atoms with Gasteiger partial charge in [-0.25, -0.2) is 0 Å². The molecule has 0 saturated heterocycles. The van der Waals surface area contributed by atoms with Crippen LogP contribution in [-0.2, 0) is 16.9 Å². The molecular formula is C17H19N3O3S. The van der Waals surface area contributed by atoms with Crippen LogP contribution in [-0.4, -0.2) is 33.7 Å². The first-order chi connectivity index (χ1) is 14.4. The number of hydrogen-bond donors (Lipinski definition) is 1. The second-order valence-corrected chi connectivity index (χ2v) is 6.23.